The zero-order chi connectivity index (χ0) is 16.5. The number of anilines is 1. The SMILES string of the molecule is CCN(CC)Cc1cc(C=NNc2ccccc2)ccc1OC. The predicted molar refractivity (Wildman–Crippen MR) is 97.3 cm³/mol. The Morgan fingerprint density at radius 3 is 2.48 bits per heavy atom. The van der Waals surface area contributed by atoms with Gasteiger partial charge in [-0.1, -0.05) is 32.0 Å². The van der Waals surface area contributed by atoms with Gasteiger partial charge in [0.05, 0.1) is 19.0 Å². The van der Waals surface area contributed by atoms with Crippen molar-refractivity contribution in [3.05, 3.63) is 59.7 Å². The molecule has 0 saturated carbocycles. The van der Waals surface area contributed by atoms with Crippen LogP contribution < -0.4 is 10.2 Å². The van der Waals surface area contributed by atoms with E-state index in [1.54, 1.807) is 7.11 Å². The molecule has 2 rings (SSSR count). The van der Waals surface area contributed by atoms with Crippen LogP contribution in [0.15, 0.2) is 53.6 Å². The lowest BCUT2D eigenvalue weighted by molar-refractivity contribution is 0.289. The third-order valence-electron chi connectivity index (χ3n) is 3.77. The Morgan fingerprint density at radius 2 is 1.83 bits per heavy atom. The molecule has 0 aromatic heterocycles. The Morgan fingerprint density at radius 1 is 1.09 bits per heavy atom. The number of para-hydroxylation sites is 1. The molecule has 0 bridgehead atoms. The van der Waals surface area contributed by atoms with Crippen LogP contribution in [-0.4, -0.2) is 31.3 Å². The number of hydrogen-bond acceptors (Lipinski definition) is 4. The van der Waals surface area contributed by atoms with Crippen molar-refractivity contribution >= 4 is 11.9 Å². The van der Waals surface area contributed by atoms with E-state index in [9.17, 15) is 0 Å². The van der Waals surface area contributed by atoms with Crippen LogP contribution in [-0.2, 0) is 6.54 Å². The number of hydrogen-bond donors (Lipinski definition) is 1. The Kier molecular flexibility index (Phi) is 6.63. The molecule has 0 amide bonds. The van der Waals surface area contributed by atoms with Crippen molar-refractivity contribution < 1.29 is 4.74 Å². The molecule has 4 heteroatoms. The summed E-state index contributed by atoms with van der Waals surface area (Å²) < 4.78 is 5.48. The fourth-order valence-corrected chi connectivity index (χ4v) is 2.38. The average Bonchev–Trinajstić information content (AvgIpc) is 2.60. The molecule has 23 heavy (non-hydrogen) atoms. The first-order chi connectivity index (χ1) is 11.3. The highest BCUT2D eigenvalue weighted by Gasteiger charge is 2.07. The van der Waals surface area contributed by atoms with Gasteiger partial charge in [0.25, 0.3) is 0 Å². The molecule has 1 N–H and O–H groups in total. The third kappa shape index (κ3) is 5.11. The minimum atomic E-state index is 0.879. The smallest absolute Gasteiger partial charge is 0.123 e. The summed E-state index contributed by atoms with van der Waals surface area (Å²) in [5, 5.41) is 4.30. The van der Waals surface area contributed by atoms with Crippen molar-refractivity contribution in [2.75, 3.05) is 25.6 Å². The van der Waals surface area contributed by atoms with Crippen LogP contribution in [0.1, 0.15) is 25.0 Å². The average molecular weight is 311 g/mol. The second-order valence-corrected chi connectivity index (χ2v) is 5.27. The van der Waals surface area contributed by atoms with E-state index in [2.05, 4.69) is 35.3 Å². The summed E-state index contributed by atoms with van der Waals surface area (Å²) in [5.41, 5.74) is 6.24. The molecule has 0 aliphatic carbocycles. The summed E-state index contributed by atoms with van der Waals surface area (Å²) >= 11 is 0. The standard InChI is InChI=1S/C19H25N3O/c1-4-22(5-2)15-17-13-16(11-12-19(17)23-3)14-20-21-18-9-7-6-8-10-18/h6-14,21H,4-5,15H2,1-3H3. The first-order valence-electron chi connectivity index (χ1n) is 8.00. The van der Waals surface area contributed by atoms with Crippen LogP contribution in [0, 0.1) is 0 Å². The van der Waals surface area contributed by atoms with E-state index in [4.69, 9.17) is 4.74 Å². The number of methoxy groups -OCH3 is 1. The van der Waals surface area contributed by atoms with Crippen molar-refractivity contribution in [1.82, 2.24) is 4.90 Å². The zero-order valence-electron chi connectivity index (χ0n) is 14.1. The fraction of sp³-hybridized carbons (Fsp3) is 0.316. The van der Waals surface area contributed by atoms with Gasteiger partial charge in [-0.3, -0.25) is 10.3 Å². The molecule has 0 spiro atoms. The van der Waals surface area contributed by atoms with Crippen LogP contribution in [0.2, 0.25) is 0 Å². The van der Waals surface area contributed by atoms with Crippen molar-refractivity contribution in [2.45, 2.75) is 20.4 Å². The number of ether oxygens (including phenoxy) is 1. The monoisotopic (exact) mass is 311 g/mol. The number of nitrogens with one attached hydrogen (secondary N) is 1. The van der Waals surface area contributed by atoms with Gasteiger partial charge in [-0.05, 0) is 49.0 Å². The minimum Gasteiger partial charge on any atom is -0.496 e. The van der Waals surface area contributed by atoms with Crippen LogP contribution in [0.3, 0.4) is 0 Å². The molecule has 0 fully saturated rings. The van der Waals surface area contributed by atoms with E-state index in [1.807, 2.05) is 48.7 Å². The molecule has 0 heterocycles. The minimum absolute atomic E-state index is 0.879. The maximum absolute atomic E-state index is 5.48. The van der Waals surface area contributed by atoms with Crippen molar-refractivity contribution in [3.63, 3.8) is 0 Å². The summed E-state index contributed by atoms with van der Waals surface area (Å²) in [5.74, 6) is 0.921. The normalized spacial score (nSPS) is 11.1. The van der Waals surface area contributed by atoms with Gasteiger partial charge < -0.3 is 4.74 Å². The molecule has 2 aromatic carbocycles. The van der Waals surface area contributed by atoms with Crippen molar-refractivity contribution in [2.24, 2.45) is 5.10 Å². The van der Waals surface area contributed by atoms with Crippen molar-refractivity contribution in [1.29, 1.82) is 0 Å². The second-order valence-electron chi connectivity index (χ2n) is 5.27. The van der Waals surface area contributed by atoms with Gasteiger partial charge in [0.2, 0.25) is 0 Å². The summed E-state index contributed by atoms with van der Waals surface area (Å²) in [6, 6.07) is 16.1. The van der Waals surface area contributed by atoms with E-state index in [0.717, 1.165) is 36.6 Å². The second kappa shape index (κ2) is 8.96. The predicted octanol–water partition coefficient (Wildman–Crippen LogP) is 3.98. The van der Waals surface area contributed by atoms with E-state index < -0.39 is 0 Å². The van der Waals surface area contributed by atoms with E-state index in [1.165, 1.54) is 5.56 Å². The fourth-order valence-electron chi connectivity index (χ4n) is 2.38. The van der Waals surface area contributed by atoms with Crippen LogP contribution in [0.25, 0.3) is 0 Å². The molecule has 122 valence electrons. The first-order valence-corrected chi connectivity index (χ1v) is 8.00. The van der Waals surface area contributed by atoms with E-state index in [-0.39, 0.29) is 0 Å². The number of nitrogens with zero attached hydrogens (tertiary/aromatic N) is 2. The van der Waals surface area contributed by atoms with Gasteiger partial charge in [0.1, 0.15) is 5.75 Å². The lowest BCUT2D eigenvalue weighted by Gasteiger charge is -2.19. The number of rotatable bonds is 8. The van der Waals surface area contributed by atoms with Gasteiger partial charge in [0.15, 0.2) is 0 Å². The Hall–Kier alpha value is -2.33. The first kappa shape index (κ1) is 17.0. The van der Waals surface area contributed by atoms with Gasteiger partial charge in [-0.15, -0.1) is 0 Å². The summed E-state index contributed by atoms with van der Waals surface area (Å²) in [4.78, 5) is 2.36. The Balaban J connectivity index is 2.10. The third-order valence-corrected chi connectivity index (χ3v) is 3.77. The summed E-state index contributed by atoms with van der Waals surface area (Å²) in [6.45, 7) is 7.27. The highest BCUT2D eigenvalue weighted by Crippen LogP contribution is 2.21. The Labute approximate surface area is 138 Å². The quantitative estimate of drug-likeness (QED) is 0.592. The van der Waals surface area contributed by atoms with Gasteiger partial charge >= 0.3 is 0 Å². The topological polar surface area (TPSA) is 36.9 Å². The molecule has 0 aliphatic heterocycles. The summed E-state index contributed by atoms with van der Waals surface area (Å²) in [7, 11) is 1.71. The van der Waals surface area contributed by atoms with Gasteiger partial charge in [-0.25, -0.2) is 0 Å². The summed E-state index contributed by atoms with van der Waals surface area (Å²) in [6.07, 6.45) is 1.83. The van der Waals surface area contributed by atoms with Crippen LogP contribution in [0.4, 0.5) is 5.69 Å². The van der Waals surface area contributed by atoms with Crippen LogP contribution >= 0.6 is 0 Å². The molecule has 0 unspecified atom stereocenters. The maximum atomic E-state index is 5.48. The molecule has 4 nitrogen and oxygen atoms in total. The molecule has 0 aliphatic rings. The zero-order valence-corrected chi connectivity index (χ0v) is 14.1. The van der Waals surface area contributed by atoms with E-state index in [0.29, 0.717) is 0 Å². The molecule has 2 aromatic rings. The highest BCUT2D eigenvalue weighted by atomic mass is 16.5. The van der Waals surface area contributed by atoms with Crippen LogP contribution in [0.5, 0.6) is 5.75 Å². The van der Waals surface area contributed by atoms with Gasteiger partial charge in [0, 0.05) is 12.1 Å². The largest absolute Gasteiger partial charge is 0.496 e. The Bertz CT molecular complexity index is 622. The highest BCUT2D eigenvalue weighted by molar-refractivity contribution is 5.81. The molecular formula is C19H25N3O. The maximum Gasteiger partial charge on any atom is 0.123 e. The molecule has 0 atom stereocenters. The van der Waals surface area contributed by atoms with Gasteiger partial charge in [-0.2, -0.15) is 5.10 Å². The molecule has 0 radical (unpaired) electrons. The van der Waals surface area contributed by atoms with E-state index >= 15 is 0 Å². The lowest BCUT2D eigenvalue weighted by atomic mass is 10.1. The number of benzene rings is 2. The molecular weight excluding hydrogens is 286 g/mol. The van der Waals surface area contributed by atoms with Crippen molar-refractivity contribution in [3.8, 4) is 5.75 Å². The lowest BCUT2D eigenvalue weighted by Crippen LogP contribution is -2.22. The molecule has 0 saturated heterocycles. The number of hydrazone groups is 1.